The predicted octanol–water partition coefficient (Wildman–Crippen LogP) is 2.80. The highest BCUT2D eigenvalue weighted by Gasteiger charge is 2.10. The number of H-pyrrole nitrogens is 1. The molecule has 0 spiro atoms. The number of nitrogens with one attached hydrogen (secondary N) is 2. The highest BCUT2D eigenvalue weighted by atomic mass is 16.5. The molecule has 0 aliphatic carbocycles. The summed E-state index contributed by atoms with van der Waals surface area (Å²) < 4.78 is 4.90. The smallest absolute Gasteiger partial charge is 0.251 e. The summed E-state index contributed by atoms with van der Waals surface area (Å²) in [4.78, 5) is 40.1. The van der Waals surface area contributed by atoms with Crippen molar-refractivity contribution in [2.75, 3.05) is 20.3 Å². The number of fused-ring (bicyclic) bond motifs is 1. The Morgan fingerprint density at radius 3 is 2.79 bits per heavy atom. The molecule has 2 N–H and O–H groups in total. The fourth-order valence-electron chi connectivity index (χ4n) is 2.76. The van der Waals surface area contributed by atoms with E-state index in [4.69, 9.17) is 4.74 Å². The van der Waals surface area contributed by atoms with Gasteiger partial charge in [0.2, 0.25) is 5.43 Å². The van der Waals surface area contributed by atoms with Crippen LogP contribution in [0.25, 0.3) is 17.0 Å². The number of pyridine rings is 1. The first-order valence-corrected chi connectivity index (χ1v) is 8.80. The van der Waals surface area contributed by atoms with Crippen molar-refractivity contribution in [2.24, 2.45) is 0 Å². The molecule has 0 atom stereocenters. The first-order chi connectivity index (χ1) is 13.6. The maximum Gasteiger partial charge on any atom is 0.251 e. The van der Waals surface area contributed by atoms with E-state index in [2.05, 4.69) is 10.3 Å². The van der Waals surface area contributed by atoms with E-state index in [9.17, 15) is 14.4 Å². The van der Waals surface area contributed by atoms with Crippen LogP contribution in [0.4, 0.5) is 0 Å². The molecule has 28 heavy (non-hydrogen) atoms. The molecule has 6 nitrogen and oxygen atoms in total. The number of methoxy groups -OCH3 is 1. The average Bonchev–Trinajstić information content (AvgIpc) is 2.73. The number of hydrogen-bond donors (Lipinski definition) is 2. The summed E-state index contributed by atoms with van der Waals surface area (Å²) in [7, 11) is 1.56. The van der Waals surface area contributed by atoms with Crippen molar-refractivity contribution in [3.63, 3.8) is 0 Å². The zero-order chi connectivity index (χ0) is 19.9. The molecular weight excluding hydrogens is 356 g/mol. The van der Waals surface area contributed by atoms with Gasteiger partial charge in [0.1, 0.15) is 0 Å². The third-order valence-electron chi connectivity index (χ3n) is 4.22. The number of hydrogen-bond acceptors (Lipinski definition) is 4. The summed E-state index contributed by atoms with van der Waals surface area (Å²) in [6, 6.07) is 13.9. The fraction of sp³-hybridized carbons (Fsp3) is 0.136. The largest absolute Gasteiger partial charge is 0.383 e. The number of benzene rings is 2. The first-order valence-electron chi connectivity index (χ1n) is 8.80. The molecule has 1 heterocycles. The van der Waals surface area contributed by atoms with Crippen molar-refractivity contribution in [1.29, 1.82) is 0 Å². The van der Waals surface area contributed by atoms with Crippen molar-refractivity contribution >= 4 is 28.7 Å². The number of allylic oxidation sites excluding steroid dienone is 1. The van der Waals surface area contributed by atoms with Crippen LogP contribution in [0.15, 0.2) is 65.6 Å². The molecule has 3 rings (SSSR count). The van der Waals surface area contributed by atoms with E-state index < -0.39 is 5.78 Å². The van der Waals surface area contributed by atoms with E-state index in [1.165, 1.54) is 12.3 Å². The zero-order valence-corrected chi connectivity index (χ0v) is 15.4. The lowest BCUT2D eigenvalue weighted by atomic mass is 10.1. The summed E-state index contributed by atoms with van der Waals surface area (Å²) in [6.45, 7) is 0.846. The van der Waals surface area contributed by atoms with E-state index in [-0.39, 0.29) is 16.9 Å². The first kappa shape index (κ1) is 19.3. The number of ether oxygens (including phenoxy) is 1. The van der Waals surface area contributed by atoms with E-state index in [1.54, 1.807) is 55.7 Å². The third-order valence-corrected chi connectivity index (χ3v) is 4.22. The second kappa shape index (κ2) is 8.92. The SMILES string of the molecule is COCCNC(=O)c1cccc(C=CC(=O)c2c[nH]c3ccccc3c2=O)c1. The number of carbonyl (C=O) groups is 2. The van der Waals surface area contributed by atoms with Crippen LogP contribution >= 0.6 is 0 Å². The Morgan fingerprint density at radius 2 is 1.96 bits per heavy atom. The van der Waals surface area contributed by atoms with Crippen LogP contribution in [0.1, 0.15) is 26.3 Å². The van der Waals surface area contributed by atoms with Crippen LogP contribution < -0.4 is 10.7 Å². The maximum atomic E-state index is 12.5. The molecule has 0 bridgehead atoms. The lowest BCUT2D eigenvalue weighted by Gasteiger charge is -2.05. The number of aromatic amines is 1. The average molecular weight is 376 g/mol. The van der Waals surface area contributed by atoms with Crippen LogP contribution in [0.5, 0.6) is 0 Å². The lowest BCUT2D eigenvalue weighted by Crippen LogP contribution is -2.26. The van der Waals surface area contributed by atoms with Gasteiger partial charge >= 0.3 is 0 Å². The van der Waals surface area contributed by atoms with Gasteiger partial charge in [0.25, 0.3) is 5.91 Å². The number of rotatable bonds is 7. The lowest BCUT2D eigenvalue weighted by molar-refractivity contribution is 0.0936. The number of ketones is 1. The Kier molecular flexibility index (Phi) is 6.14. The summed E-state index contributed by atoms with van der Waals surface area (Å²) >= 11 is 0. The van der Waals surface area contributed by atoms with E-state index >= 15 is 0 Å². The van der Waals surface area contributed by atoms with Gasteiger partial charge in [0.15, 0.2) is 5.78 Å². The van der Waals surface area contributed by atoms with Crippen LogP contribution in [0.3, 0.4) is 0 Å². The van der Waals surface area contributed by atoms with Crippen LogP contribution in [-0.4, -0.2) is 36.9 Å². The van der Waals surface area contributed by atoms with Crippen molar-refractivity contribution in [1.82, 2.24) is 10.3 Å². The summed E-state index contributed by atoms with van der Waals surface area (Å²) in [6.07, 6.45) is 4.35. The van der Waals surface area contributed by atoms with E-state index in [0.29, 0.717) is 35.2 Å². The Morgan fingerprint density at radius 1 is 1.14 bits per heavy atom. The summed E-state index contributed by atoms with van der Waals surface area (Å²) in [5.74, 6) is -0.619. The monoisotopic (exact) mass is 376 g/mol. The highest BCUT2D eigenvalue weighted by molar-refractivity contribution is 6.08. The molecule has 0 aliphatic rings. The molecule has 0 saturated heterocycles. The van der Waals surface area contributed by atoms with Gasteiger partial charge in [-0.1, -0.05) is 30.3 Å². The molecule has 1 aromatic heterocycles. The number of para-hydroxylation sites is 1. The van der Waals surface area contributed by atoms with Gasteiger partial charge in [0.05, 0.1) is 12.2 Å². The second-order valence-corrected chi connectivity index (χ2v) is 6.15. The highest BCUT2D eigenvalue weighted by Crippen LogP contribution is 2.10. The maximum absolute atomic E-state index is 12.5. The molecule has 1 amide bonds. The minimum absolute atomic E-state index is 0.0726. The van der Waals surface area contributed by atoms with Crippen LogP contribution in [0.2, 0.25) is 0 Å². The quantitative estimate of drug-likeness (QED) is 0.377. The second-order valence-electron chi connectivity index (χ2n) is 6.15. The number of amides is 1. The topological polar surface area (TPSA) is 88.3 Å². The van der Waals surface area contributed by atoms with Gasteiger partial charge in [-0.2, -0.15) is 0 Å². The van der Waals surface area contributed by atoms with E-state index in [1.807, 2.05) is 6.07 Å². The standard InChI is InChI=1S/C22H20N2O4/c1-28-12-11-23-22(27)16-6-4-5-15(13-16)9-10-20(25)18-14-24-19-8-3-2-7-17(19)21(18)26/h2-10,13-14H,11-12H2,1H3,(H,23,27)(H,24,26). The normalized spacial score (nSPS) is 11.0. The molecule has 0 radical (unpaired) electrons. The molecule has 0 saturated carbocycles. The number of carbonyl (C=O) groups excluding carboxylic acids is 2. The molecule has 2 aromatic carbocycles. The Bertz CT molecular complexity index is 1100. The zero-order valence-electron chi connectivity index (χ0n) is 15.4. The number of aromatic nitrogens is 1. The Hall–Kier alpha value is -3.51. The fourth-order valence-corrected chi connectivity index (χ4v) is 2.76. The van der Waals surface area contributed by atoms with Gasteiger partial charge < -0.3 is 15.0 Å². The van der Waals surface area contributed by atoms with Crippen LogP contribution in [-0.2, 0) is 4.74 Å². The van der Waals surface area contributed by atoms with Gasteiger partial charge in [-0.15, -0.1) is 0 Å². The third kappa shape index (κ3) is 4.42. The van der Waals surface area contributed by atoms with Crippen molar-refractivity contribution in [3.05, 3.63) is 87.7 Å². The van der Waals surface area contributed by atoms with Crippen LogP contribution in [0, 0.1) is 0 Å². The van der Waals surface area contributed by atoms with Crippen molar-refractivity contribution in [3.8, 4) is 0 Å². The molecule has 142 valence electrons. The van der Waals surface area contributed by atoms with Gasteiger partial charge in [-0.25, -0.2) is 0 Å². The molecule has 0 unspecified atom stereocenters. The van der Waals surface area contributed by atoms with E-state index in [0.717, 1.165) is 0 Å². The predicted molar refractivity (Wildman–Crippen MR) is 109 cm³/mol. The van der Waals surface area contributed by atoms with Gasteiger partial charge in [-0.3, -0.25) is 14.4 Å². The Balaban J connectivity index is 1.78. The molecule has 6 heteroatoms. The molecule has 0 aliphatic heterocycles. The summed E-state index contributed by atoms with van der Waals surface area (Å²) in [5.41, 5.74) is 1.61. The van der Waals surface area contributed by atoms with Gasteiger partial charge in [-0.05, 0) is 35.9 Å². The summed E-state index contributed by atoms with van der Waals surface area (Å²) in [5, 5.41) is 3.21. The minimum Gasteiger partial charge on any atom is -0.383 e. The molecule has 3 aromatic rings. The molecule has 0 fully saturated rings. The van der Waals surface area contributed by atoms with Gasteiger partial charge in [0, 0.05) is 36.3 Å². The van der Waals surface area contributed by atoms with Crippen molar-refractivity contribution in [2.45, 2.75) is 0 Å². The Labute approximate surface area is 161 Å². The molecular formula is C22H20N2O4. The van der Waals surface area contributed by atoms with Crippen molar-refractivity contribution < 1.29 is 14.3 Å². The minimum atomic E-state index is -0.401.